The van der Waals surface area contributed by atoms with Gasteiger partial charge in [0.25, 0.3) is 5.91 Å². The van der Waals surface area contributed by atoms with E-state index in [2.05, 4.69) is 25.2 Å². The molecule has 0 unspecified atom stereocenters. The molecule has 3 aromatic rings. The first kappa shape index (κ1) is 19.5. The van der Waals surface area contributed by atoms with E-state index in [4.69, 9.17) is 0 Å². The van der Waals surface area contributed by atoms with Crippen molar-refractivity contribution < 1.29 is 22.7 Å². The van der Waals surface area contributed by atoms with Gasteiger partial charge >= 0.3 is 6.36 Å². The van der Waals surface area contributed by atoms with Gasteiger partial charge in [0, 0.05) is 19.8 Å². The zero-order chi connectivity index (χ0) is 20.1. The van der Waals surface area contributed by atoms with Gasteiger partial charge in [0.2, 0.25) is 5.13 Å². The Morgan fingerprint density at radius 1 is 1.29 bits per heavy atom. The molecule has 2 heterocycles. The van der Waals surface area contributed by atoms with Crippen LogP contribution in [0.3, 0.4) is 0 Å². The third kappa shape index (κ3) is 5.39. The minimum atomic E-state index is -4.74. The molecule has 7 nitrogen and oxygen atoms in total. The van der Waals surface area contributed by atoms with Crippen LogP contribution in [0.15, 0.2) is 48.1 Å². The van der Waals surface area contributed by atoms with Crippen LogP contribution in [0.1, 0.15) is 15.9 Å². The number of amides is 1. The molecule has 11 heteroatoms. The Bertz CT molecular complexity index is 933. The summed E-state index contributed by atoms with van der Waals surface area (Å²) in [6.07, 6.45) is -3.33. The van der Waals surface area contributed by atoms with Crippen LogP contribution in [0.4, 0.5) is 24.1 Å². The number of nitrogens with one attached hydrogen (secondary N) is 1. The molecule has 0 spiro atoms. The minimum Gasteiger partial charge on any atom is -0.406 e. The molecule has 0 aliphatic rings. The lowest BCUT2D eigenvalue weighted by molar-refractivity contribution is -0.274. The van der Waals surface area contributed by atoms with E-state index in [1.165, 1.54) is 41.2 Å². The number of ether oxygens (including phenoxy) is 1. The molecule has 0 fully saturated rings. The van der Waals surface area contributed by atoms with Crippen LogP contribution < -0.4 is 15.0 Å². The summed E-state index contributed by atoms with van der Waals surface area (Å²) in [7, 11) is 1.74. The first-order valence-corrected chi connectivity index (χ1v) is 8.77. The van der Waals surface area contributed by atoms with E-state index in [9.17, 15) is 18.0 Å². The van der Waals surface area contributed by atoms with Crippen molar-refractivity contribution in [3.63, 3.8) is 0 Å². The molecule has 2 aromatic heterocycles. The van der Waals surface area contributed by atoms with Gasteiger partial charge < -0.3 is 9.64 Å². The Morgan fingerprint density at radius 3 is 2.75 bits per heavy atom. The van der Waals surface area contributed by atoms with Gasteiger partial charge in [-0.1, -0.05) is 23.5 Å². The number of carbonyl (C=O) groups excluding carboxylic acids is 1. The second kappa shape index (κ2) is 8.21. The highest BCUT2D eigenvalue weighted by Gasteiger charge is 2.31. The fourth-order valence-electron chi connectivity index (χ4n) is 2.34. The van der Waals surface area contributed by atoms with E-state index >= 15 is 0 Å². The molecule has 1 N–H and O–H groups in total. The molecular weight excluding hydrogens is 395 g/mol. The van der Waals surface area contributed by atoms with Crippen molar-refractivity contribution in [3.05, 3.63) is 59.2 Å². The number of nitrogens with zero attached hydrogens (tertiary/aromatic N) is 4. The van der Waals surface area contributed by atoms with E-state index in [1.807, 2.05) is 0 Å². The van der Waals surface area contributed by atoms with E-state index in [0.29, 0.717) is 28.6 Å². The number of anilines is 2. The van der Waals surface area contributed by atoms with Crippen LogP contribution in [0.25, 0.3) is 0 Å². The second-order valence-electron chi connectivity index (χ2n) is 5.65. The highest BCUT2D eigenvalue weighted by atomic mass is 32.1. The van der Waals surface area contributed by atoms with Crippen molar-refractivity contribution >= 4 is 28.2 Å². The van der Waals surface area contributed by atoms with Gasteiger partial charge in [-0.3, -0.25) is 10.1 Å². The van der Waals surface area contributed by atoms with Gasteiger partial charge in [-0.15, -0.1) is 23.4 Å². The van der Waals surface area contributed by atoms with Crippen LogP contribution in [0, 0.1) is 0 Å². The van der Waals surface area contributed by atoms with E-state index in [0.717, 1.165) is 0 Å². The average Bonchev–Trinajstić information content (AvgIpc) is 3.13. The fourth-order valence-corrected chi connectivity index (χ4v) is 2.78. The van der Waals surface area contributed by atoms with Gasteiger partial charge in [0.05, 0.1) is 5.56 Å². The van der Waals surface area contributed by atoms with Crippen molar-refractivity contribution in [2.75, 3.05) is 17.3 Å². The van der Waals surface area contributed by atoms with E-state index in [-0.39, 0.29) is 11.7 Å². The molecule has 0 saturated heterocycles. The average molecular weight is 409 g/mol. The fraction of sp³-hybridized carbons (Fsp3) is 0.176. The molecule has 1 amide bonds. The summed E-state index contributed by atoms with van der Waals surface area (Å²) in [5, 5.41) is 10.3. The van der Waals surface area contributed by atoms with Crippen molar-refractivity contribution in [2.24, 2.45) is 0 Å². The molecule has 28 heavy (non-hydrogen) atoms. The zero-order valence-corrected chi connectivity index (χ0v) is 15.3. The van der Waals surface area contributed by atoms with E-state index < -0.39 is 6.36 Å². The molecule has 0 atom stereocenters. The predicted molar refractivity (Wildman–Crippen MR) is 97.3 cm³/mol. The van der Waals surface area contributed by atoms with Crippen molar-refractivity contribution in [3.8, 4) is 5.75 Å². The molecule has 3 rings (SSSR count). The molecule has 0 radical (unpaired) electrons. The third-order valence-electron chi connectivity index (χ3n) is 3.53. The maximum absolute atomic E-state index is 12.3. The Morgan fingerprint density at radius 2 is 2.11 bits per heavy atom. The third-order valence-corrected chi connectivity index (χ3v) is 4.14. The summed E-state index contributed by atoms with van der Waals surface area (Å²) in [6.45, 7) is 0.304. The summed E-state index contributed by atoms with van der Waals surface area (Å²) in [5.74, 6) is -0.0971. The highest BCUT2D eigenvalue weighted by molar-refractivity contribution is 7.13. The summed E-state index contributed by atoms with van der Waals surface area (Å²) in [6, 6.07) is 8.96. The van der Waals surface area contributed by atoms with Crippen LogP contribution in [0.2, 0.25) is 0 Å². The zero-order valence-electron chi connectivity index (χ0n) is 14.5. The van der Waals surface area contributed by atoms with Gasteiger partial charge in [0.15, 0.2) is 0 Å². The van der Waals surface area contributed by atoms with Gasteiger partial charge in [-0.05, 0) is 29.8 Å². The number of hydrogen-bond acceptors (Lipinski definition) is 7. The normalized spacial score (nSPS) is 11.1. The van der Waals surface area contributed by atoms with Crippen LogP contribution in [-0.2, 0) is 6.54 Å². The topological polar surface area (TPSA) is 80.2 Å². The molecule has 146 valence electrons. The predicted octanol–water partition coefficient (Wildman–Crippen LogP) is 3.72. The standard InChI is InChI=1S/C17H14F3N5O2S/c1-25(9-11-3-2-4-13(7-11)27-17(18,19)20)14-6-5-12(8-21-14)15(26)23-16-24-22-10-28-16/h2-8,10H,9H2,1H3,(H,23,24,26). The quantitative estimate of drug-likeness (QED) is 0.668. The molecule has 0 aliphatic carbocycles. The number of alkyl halides is 3. The number of rotatable bonds is 6. The van der Waals surface area contributed by atoms with Gasteiger partial charge in [-0.2, -0.15) is 0 Å². The number of pyridine rings is 1. The largest absolute Gasteiger partial charge is 0.573 e. The summed E-state index contributed by atoms with van der Waals surface area (Å²) in [5.41, 5.74) is 2.46. The number of aromatic nitrogens is 3. The van der Waals surface area contributed by atoms with Crippen LogP contribution >= 0.6 is 11.3 Å². The number of benzene rings is 1. The lowest BCUT2D eigenvalue weighted by atomic mass is 10.2. The number of carbonyl (C=O) groups is 1. The first-order valence-electron chi connectivity index (χ1n) is 7.89. The van der Waals surface area contributed by atoms with Crippen molar-refractivity contribution in [1.82, 2.24) is 15.2 Å². The molecule has 0 saturated carbocycles. The minimum absolute atomic E-state index is 0.282. The summed E-state index contributed by atoms with van der Waals surface area (Å²) in [4.78, 5) is 18.1. The van der Waals surface area contributed by atoms with Crippen LogP contribution in [0.5, 0.6) is 5.75 Å². The Balaban J connectivity index is 1.64. The number of hydrogen-bond donors (Lipinski definition) is 1. The maximum Gasteiger partial charge on any atom is 0.573 e. The van der Waals surface area contributed by atoms with Gasteiger partial charge in [-0.25, -0.2) is 4.98 Å². The summed E-state index contributed by atoms with van der Waals surface area (Å²) < 4.78 is 40.9. The lowest BCUT2D eigenvalue weighted by Crippen LogP contribution is -2.19. The number of halogens is 3. The van der Waals surface area contributed by atoms with Crippen molar-refractivity contribution in [2.45, 2.75) is 12.9 Å². The SMILES string of the molecule is CN(Cc1cccc(OC(F)(F)F)c1)c1ccc(C(=O)Nc2nncs2)cn1. The summed E-state index contributed by atoms with van der Waals surface area (Å²) >= 11 is 1.20. The lowest BCUT2D eigenvalue weighted by Gasteiger charge is -2.19. The Kier molecular flexibility index (Phi) is 5.73. The Labute approximate surface area is 161 Å². The molecular formula is C17H14F3N5O2S. The highest BCUT2D eigenvalue weighted by Crippen LogP contribution is 2.24. The maximum atomic E-state index is 12.3. The molecule has 0 aliphatic heterocycles. The monoisotopic (exact) mass is 409 g/mol. The first-order chi connectivity index (χ1) is 13.3. The smallest absolute Gasteiger partial charge is 0.406 e. The van der Waals surface area contributed by atoms with Gasteiger partial charge in [0.1, 0.15) is 17.1 Å². The van der Waals surface area contributed by atoms with Crippen molar-refractivity contribution in [1.29, 1.82) is 0 Å². The molecule has 1 aromatic carbocycles. The van der Waals surface area contributed by atoms with Crippen LogP contribution in [-0.4, -0.2) is 34.5 Å². The second-order valence-corrected chi connectivity index (χ2v) is 6.49. The molecule has 0 bridgehead atoms. The van der Waals surface area contributed by atoms with E-state index in [1.54, 1.807) is 30.1 Å². The Hall–Kier alpha value is -3.21.